The van der Waals surface area contributed by atoms with Crippen LogP contribution in [0.25, 0.3) is 0 Å². The lowest BCUT2D eigenvalue weighted by molar-refractivity contribution is 0.528. The molecule has 6 nitrogen and oxygen atoms in total. The average molecular weight is 263 g/mol. The number of furan rings is 1. The molecule has 0 aliphatic rings. The number of aromatic nitrogens is 3. The number of nitrogens with one attached hydrogen (secondary N) is 2. The van der Waals surface area contributed by atoms with Crippen molar-refractivity contribution >= 4 is 23.9 Å². The van der Waals surface area contributed by atoms with Gasteiger partial charge in [-0.05, 0) is 19.1 Å². The normalized spacial score (nSPS) is 10.9. The zero-order valence-corrected chi connectivity index (χ0v) is 10.7. The Balaban J connectivity index is 1.87. The van der Waals surface area contributed by atoms with Crippen LogP contribution in [0.3, 0.4) is 0 Å². The highest BCUT2D eigenvalue weighted by Gasteiger charge is 2.01. The SMILES string of the molecule is C=CCSc1n[nH]c(N/N=C\c2ccc(C)o2)n1. The summed E-state index contributed by atoms with van der Waals surface area (Å²) in [4.78, 5) is 4.18. The van der Waals surface area contributed by atoms with Crippen LogP contribution in [0.2, 0.25) is 0 Å². The summed E-state index contributed by atoms with van der Waals surface area (Å²) in [6.45, 7) is 5.51. The van der Waals surface area contributed by atoms with Gasteiger partial charge in [-0.1, -0.05) is 17.8 Å². The van der Waals surface area contributed by atoms with E-state index < -0.39 is 0 Å². The van der Waals surface area contributed by atoms with E-state index in [0.29, 0.717) is 16.9 Å². The van der Waals surface area contributed by atoms with Crippen LogP contribution in [-0.2, 0) is 0 Å². The van der Waals surface area contributed by atoms with Crippen LogP contribution in [0.5, 0.6) is 0 Å². The second kappa shape index (κ2) is 6.06. The molecule has 0 unspecified atom stereocenters. The molecule has 7 heteroatoms. The lowest BCUT2D eigenvalue weighted by Gasteiger charge is -1.91. The molecule has 2 rings (SSSR count). The molecule has 2 N–H and O–H groups in total. The molecule has 0 saturated carbocycles. The van der Waals surface area contributed by atoms with Gasteiger partial charge in [0.05, 0.1) is 6.21 Å². The smallest absolute Gasteiger partial charge is 0.240 e. The first-order valence-corrected chi connectivity index (χ1v) is 6.28. The fraction of sp³-hybridized carbons (Fsp3) is 0.182. The molecule has 0 aliphatic carbocycles. The van der Waals surface area contributed by atoms with E-state index in [2.05, 4.69) is 32.3 Å². The van der Waals surface area contributed by atoms with Gasteiger partial charge in [0.25, 0.3) is 0 Å². The third-order valence-corrected chi connectivity index (χ3v) is 2.76. The minimum atomic E-state index is 0.487. The average Bonchev–Trinajstić information content (AvgIpc) is 2.96. The quantitative estimate of drug-likeness (QED) is 0.362. The molecule has 18 heavy (non-hydrogen) atoms. The van der Waals surface area contributed by atoms with E-state index in [4.69, 9.17) is 4.42 Å². The summed E-state index contributed by atoms with van der Waals surface area (Å²) in [5.74, 6) is 2.78. The second-order valence-corrected chi connectivity index (χ2v) is 4.37. The molecule has 0 aliphatic heterocycles. The van der Waals surface area contributed by atoms with Gasteiger partial charge in [0, 0.05) is 5.75 Å². The molecule has 0 aromatic carbocycles. The van der Waals surface area contributed by atoms with Crippen molar-refractivity contribution in [3.63, 3.8) is 0 Å². The van der Waals surface area contributed by atoms with Crippen molar-refractivity contribution in [3.05, 3.63) is 36.3 Å². The van der Waals surface area contributed by atoms with Gasteiger partial charge < -0.3 is 4.42 Å². The lowest BCUT2D eigenvalue weighted by Crippen LogP contribution is -1.91. The van der Waals surface area contributed by atoms with E-state index in [1.54, 1.807) is 12.3 Å². The molecule has 0 bridgehead atoms. The molecule has 94 valence electrons. The van der Waals surface area contributed by atoms with Gasteiger partial charge in [-0.2, -0.15) is 10.1 Å². The molecule has 0 atom stereocenters. The van der Waals surface area contributed by atoms with Crippen molar-refractivity contribution in [3.8, 4) is 0 Å². The Morgan fingerprint density at radius 3 is 3.22 bits per heavy atom. The van der Waals surface area contributed by atoms with Crippen LogP contribution in [0.15, 0.2) is 39.5 Å². The molecular formula is C11H13N5OS. The Labute approximate surface area is 109 Å². The van der Waals surface area contributed by atoms with E-state index in [1.165, 1.54) is 11.8 Å². The van der Waals surface area contributed by atoms with Crippen molar-refractivity contribution in [2.75, 3.05) is 11.2 Å². The topological polar surface area (TPSA) is 79.1 Å². The van der Waals surface area contributed by atoms with E-state index in [-0.39, 0.29) is 0 Å². The minimum Gasteiger partial charge on any atom is -0.460 e. The fourth-order valence-electron chi connectivity index (χ4n) is 1.17. The number of hydrogen-bond donors (Lipinski definition) is 2. The van der Waals surface area contributed by atoms with Crippen LogP contribution < -0.4 is 5.43 Å². The molecule has 0 amide bonds. The molecule has 0 spiro atoms. The zero-order chi connectivity index (χ0) is 12.8. The van der Waals surface area contributed by atoms with Crippen molar-refractivity contribution in [1.29, 1.82) is 0 Å². The second-order valence-electron chi connectivity index (χ2n) is 3.38. The first-order valence-electron chi connectivity index (χ1n) is 5.29. The summed E-state index contributed by atoms with van der Waals surface area (Å²) >= 11 is 1.49. The van der Waals surface area contributed by atoms with Crippen molar-refractivity contribution in [2.24, 2.45) is 5.10 Å². The summed E-state index contributed by atoms with van der Waals surface area (Å²) in [7, 11) is 0. The molecule has 2 heterocycles. The van der Waals surface area contributed by atoms with Gasteiger partial charge in [0.15, 0.2) is 0 Å². The molecular weight excluding hydrogens is 250 g/mol. The summed E-state index contributed by atoms with van der Waals surface area (Å²) < 4.78 is 5.33. The fourth-order valence-corrected chi connectivity index (χ4v) is 1.71. The minimum absolute atomic E-state index is 0.487. The maximum absolute atomic E-state index is 5.33. The number of aryl methyl sites for hydroxylation is 1. The Morgan fingerprint density at radius 1 is 1.61 bits per heavy atom. The van der Waals surface area contributed by atoms with Crippen molar-refractivity contribution < 1.29 is 4.42 Å². The number of H-pyrrole nitrogens is 1. The first-order chi connectivity index (χ1) is 8.78. The lowest BCUT2D eigenvalue weighted by atomic mass is 10.4. The summed E-state index contributed by atoms with van der Waals surface area (Å²) in [5, 5.41) is 11.4. The molecule has 2 aromatic heterocycles. The predicted octanol–water partition coefficient (Wildman–Crippen LogP) is 2.43. The maximum Gasteiger partial charge on any atom is 0.240 e. The highest BCUT2D eigenvalue weighted by Crippen LogP contribution is 2.13. The first kappa shape index (κ1) is 12.4. The van der Waals surface area contributed by atoms with Gasteiger partial charge in [-0.25, -0.2) is 10.5 Å². The van der Waals surface area contributed by atoms with Crippen molar-refractivity contribution in [2.45, 2.75) is 12.1 Å². The Hall–Kier alpha value is -2.02. The molecule has 0 radical (unpaired) electrons. The van der Waals surface area contributed by atoms with Gasteiger partial charge in [0.1, 0.15) is 11.5 Å². The van der Waals surface area contributed by atoms with E-state index in [0.717, 1.165) is 11.5 Å². The van der Waals surface area contributed by atoms with Crippen LogP contribution in [0.1, 0.15) is 11.5 Å². The molecule has 0 saturated heterocycles. The summed E-state index contributed by atoms with van der Waals surface area (Å²) in [6.07, 6.45) is 3.37. The van der Waals surface area contributed by atoms with Crippen LogP contribution in [-0.4, -0.2) is 27.1 Å². The predicted molar refractivity (Wildman–Crippen MR) is 72.0 cm³/mol. The van der Waals surface area contributed by atoms with E-state index in [9.17, 15) is 0 Å². The third kappa shape index (κ3) is 3.49. The number of aromatic amines is 1. The van der Waals surface area contributed by atoms with Crippen molar-refractivity contribution in [1.82, 2.24) is 15.2 Å². The van der Waals surface area contributed by atoms with Gasteiger partial charge in [-0.3, -0.25) is 0 Å². The van der Waals surface area contributed by atoms with Gasteiger partial charge in [-0.15, -0.1) is 11.7 Å². The maximum atomic E-state index is 5.33. The van der Waals surface area contributed by atoms with Crippen LogP contribution in [0, 0.1) is 6.92 Å². The number of anilines is 1. The van der Waals surface area contributed by atoms with Gasteiger partial charge in [0.2, 0.25) is 11.1 Å². The van der Waals surface area contributed by atoms with Gasteiger partial charge >= 0.3 is 0 Å². The number of nitrogens with zero attached hydrogens (tertiary/aromatic N) is 3. The molecule has 0 fully saturated rings. The number of rotatable bonds is 6. The number of hydrazone groups is 1. The largest absolute Gasteiger partial charge is 0.460 e. The number of hydrogen-bond acceptors (Lipinski definition) is 6. The Morgan fingerprint density at radius 2 is 2.50 bits per heavy atom. The van der Waals surface area contributed by atoms with Crippen LogP contribution >= 0.6 is 11.8 Å². The van der Waals surface area contributed by atoms with E-state index >= 15 is 0 Å². The summed E-state index contributed by atoms with van der Waals surface area (Å²) in [5.41, 5.74) is 2.74. The monoisotopic (exact) mass is 263 g/mol. The molecule has 2 aromatic rings. The highest BCUT2D eigenvalue weighted by molar-refractivity contribution is 7.99. The zero-order valence-electron chi connectivity index (χ0n) is 9.88. The summed E-state index contributed by atoms with van der Waals surface area (Å²) in [6, 6.07) is 3.71. The third-order valence-electron chi connectivity index (χ3n) is 1.92. The van der Waals surface area contributed by atoms with Crippen LogP contribution in [0.4, 0.5) is 5.95 Å². The van der Waals surface area contributed by atoms with E-state index in [1.807, 2.05) is 19.1 Å². The standard InChI is InChI=1S/C11H13N5OS/c1-3-6-18-11-13-10(15-16-11)14-12-7-9-5-4-8(2)17-9/h3-5,7H,1,6H2,2H3,(H2,13,14,15,16)/b12-7-. The highest BCUT2D eigenvalue weighted by atomic mass is 32.2. The Kier molecular flexibility index (Phi) is 4.19. The number of thioether (sulfide) groups is 1. The Bertz CT molecular complexity index is 545.